The van der Waals surface area contributed by atoms with Crippen LogP contribution in [0.5, 0.6) is 0 Å². The molecular weight excluding hydrogens is 370 g/mol. The second-order valence-corrected chi connectivity index (χ2v) is 6.89. The number of hydrogen-bond donors (Lipinski definition) is 1. The van der Waals surface area contributed by atoms with Gasteiger partial charge in [-0.15, -0.1) is 10.2 Å². The Hall–Kier alpha value is -3.55. The van der Waals surface area contributed by atoms with Gasteiger partial charge in [0.05, 0.1) is 12.7 Å². The van der Waals surface area contributed by atoms with E-state index in [0.717, 1.165) is 11.1 Å². The zero-order valence-electron chi connectivity index (χ0n) is 16.6. The van der Waals surface area contributed by atoms with E-state index in [-0.39, 0.29) is 12.5 Å². The van der Waals surface area contributed by atoms with Crippen LogP contribution >= 0.6 is 0 Å². The molecule has 0 aliphatic carbocycles. The monoisotopic (exact) mass is 393 g/mol. The Bertz CT molecular complexity index is 978. The Kier molecular flexibility index (Phi) is 6.33. The maximum absolute atomic E-state index is 12.2. The van der Waals surface area contributed by atoms with Crippen molar-refractivity contribution in [1.29, 1.82) is 0 Å². The van der Waals surface area contributed by atoms with E-state index in [0.29, 0.717) is 23.9 Å². The molecule has 0 spiro atoms. The first-order valence-corrected chi connectivity index (χ1v) is 9.28. The average molecular weight is 393 g/mol. The highest BCUT2D eigenvalue weighted by molar-refractivity contribution is 5.89. The Labute approximate surface area is 168 Å². The summed E-state index contributed by atoms with van der Waals surface area (Å²) in [6.07, 6.45) is 0. The molecule has 0 saturated carbocycles. The van der Waals surface area contributed by atoms with Crippen LogP contribution in [0.25, 0.3) is 11.4 Å². The molecule has 1 N–H and O–H groups in total. The second-order valence-electron chi connectivity index (χ2n) is 6.89. The third-order valence-electron chi connectivity index (χ3n) is 4.44. The lowest BCUT2D eigenvalue weighted by molar-refractivity contribution is -0.122. The number of benzene rings is 2. The largest absolute Gasteiger partial charge is 0.465 e. The molecule has 0 saturated heterocycles. The van der Waals surface area contributed by atoms with Crippen LogP contribution in [0.2, 0.25) is 0 Å². The summed E-state index contributed by atoms with van der Waals surface area (Å²) in [6.45, 7) is 4.57. The summed E-state index contributed by atoms with van der Waals surface area (Å²) < 4.78 is 4.66. The van der Waals surface area contributed by atoms with Crippen molar-refractivity contribution < 1.29 is 14.3 Å². The fraction of sp³-hybridized carbons (Fsp3) is 0.286. The summed E-state index contributed by atoms with van der Waals surface area (Å²) in [4.78, 5) is 24.9. The SMILES string of the molecule is COC(=O)c1ccc(CNC(=O)Cn2nnc(-c3ccc(C(C)C)cc3)n2)cc1. The topological polar surface area (TPSA) is 99.0 Å². The first kappa shape index (κ1) is 20.2. The van der Waals surface area contributed by atoms with Crippen molar-refractivity contribution in [3.63, 3.8) is 0 Å². The summed E-state index contributed by atoms with van der Waals surface area (Å²) in [5.74, 6) is 0.299. The average Bonchev–Trinajstić information content (AvgIpc) is 3.20. The van der Waals surface area contributed by atoms with Gasteiger partial charge in [0.25, 0.3) is 0 Å². The number of hydrogen-bond acceptors (Lipinski definition) is 6. The molecule has 0 fully saturated rings. The molecule has 29 heavy (non-hydrogen) atoms. The fourth-order valence-electron chi connectivity index (χ4n) is 2.70. The van der Waals surface area contributed by atoms with Crippen molar-refractivity contribution in [3.8, 4) is 11.4 Å². The van der Waals surface area contributed by atoms with Gasteiger partial charge < -0.3 is 10.1 Å². The number of amides is 1. The number of rotatable bonds is 7. The number of nitrogens with zero attached hydrogens (tertiary/aromatic N) is 4. The predicted octanol–water partition coefficient (Wildman–Crippen LogP) is 2.57. The fourth-order valence-corrected chi connectivity index (χ4v) is 2.70. The van der Waals surface area contributed by atoms with Gasteiger partial charge in [0.2, 0.25) is 11.7 Å². The van der Waals surface area contributed by atoms with Gasteiger partial charge in [-0.25, -0.2) is 4.79 Å². The number of tetrazole rings is 1. The predicted molar refractivity (Wildman–Crippen MR) is 107 cm³/mol. The number of aromatic nitrogens is 4. The van der Waals surface area contributed by atoms with Gasteiger partial charge in [0.1, 0.15) is 6.54 Å². The van der Waals surface area contributed by atoms with Crippen molar-refractivity contribution >= 4 is 11.9 Å². The summed E-state index contributed by atoms with van der Waals surface area (Å²) in [6, 6.07) is 14.8. The second kappa shape index (κ2) is 9.09. The number of carbonyl (C=O) groups is 2. The summed E-state index contributed by atoms with van der Waals surface area (Å²) in [7, 11) is 1.33. The Balaban J connectivity index is 1.54. The molecule has 1 aromatic heterocycles. The third-order valence-corrected chi connectivity index (χ3v) is 4.44. The van der Waals surface area contributed by atoms with Gasteiger partial charge in [-0.3, -0.25) is 4.79 Å². The van der Waals surface area contributed by atoms with Gasteiger partial charge in [0, 0.05) is 12.1 Å². The molecule has 0 radical (unpaired) electrons. The summed E-state index contributed by atoms with van der Waals surface area (Å²) in [5, 5.41) is 15.0. The quantitative estimate of drug-likeness (QED) is 0.620. The van der Waals surface area contributed by atoms with Crippen LogP contribution in [0.4, 0.5) is 0 Å². The van der Waals surface area contributed by atoms with Gasteiger partial charge in [-0.05, 0) is 34.4 Å². The van der Waals surface area contributed by atoms with Gasteiger partial charge in [0.15, 0.2) is 0 Å². The van der Waals surface area contributed by atoms with Gasteiger partial charge in [-0.1, -0.05) is 50.2 Å². The molecule has 1 amide bonds. The molecule has 0 aliphatic rings. The van der Waals surface area contributed by atoms with E-state index in [4.69, 9.17) is 0 Å². The maximum Gasteiger partial charge on any atom is 0.337 e. The molecule has 1 heterocycles. The molecule has 3 rings (SSSR count). The van der Waals surface area contributed by atoms with Crippen LogP contribution in [-0.2, 0) is 22.6 Å². The molecule has 8 nitrogen and oxygen atoms in total. The van der Waals surface area contributed by atoms with Crippen LogP contribution < -0.4 is 5.32 Å². The summed E-state index contributed by atoms with van der Waals surface area (Å²) in [5.41, 5.74) is 3.42. The first-order chi connectivity index (χ1) is 14.0. The maximum atomic E-state index is 12.2. The lowest BCUT2D eigenvalue weighted by Gasteiger charge is -2.06. The zero-order valence-corrected chi connectivity index (χ0v) is 16.6. The van der Waals surface area contributed by atoms with Gasteiger partial charge in [-0.2, -0.15) is 4.80 Å². The summed E-state index contributed by atoms with van der Waals surface area (Å²) >= 11 is 0. The third kappa shape index (κ3) is 5.25. The molecule has 0 unspecified atom stereocenters. The minimum Gasteiger partial charge on any atom is -0.465 e. The molecule has 0 bridgehead atoms. The lowest BCUT2D eigenvalue weighted by atomic mass is 10.0. The molecular formula is C21H23N5O3. The normalized spacial score (nSPS) is 10.8. The van der Waals surface area contributed by atoms with Crippen molar-refractivity contribution in [2.24, 2.45) is 0 Å². The van der Waals surface area contributed by atoms with Crippen LogP contribution in [0, 0.1) is 0 Å². The van der Waals surface area contributed by atoms with Crippen LogP contribution in [0.3, 0.4) is 0 Å². The zero-order chi connectivity index (χ0) is 20.8. The Morgan fingerprint density at radius 2 is 1.76 bits per heavy atom. The standard InChI is InChI=1S/C21H23N5O3/c1-14(2)16-8-10-17(11-9-16)20-23-25-26(24-20)13-19(27)22-12-15-4-6-18(7-5-15)21(28)29-3/h4-11,14H,12-13H2,1-3H3,(H,22,27). The van der Waals surface area contributed by atoms with Crippen molar-refractivity contribution in [2.45, 2.75) is 32.9 Å². The van der Waals surface area contributed by atoms with E-state index in [2.05, 4.69) is 39.3 Å². The van der Waals surface area contributed by atoms with Crippen LogP contribution in [0.15, 0.2) is 48.5 Å². The number of nitrogens with one attached hydrogen (secondary N) is 1. The highest BCUT2D eigenvalue weighted by Gasteiger charge is 2.10. The van der Waals surface area contributed by atoms with Crippen molar-refractivity contribution in [2.75, 3.05) is 7.11 Å². The van der Waals surface area contributed by atoms with E-state index in [1.54, 1.807) is 24.3 Å². The Morgan fingerprint density at radius 1 is 1.07 bits per heavy atom. The van der Waals surface area contributed by atoms with E-state index in [1.807, 2.05) is 24.3 Å². The smallest absolute Gasteiger partial charge is 0.337 e. The van der Waals surface area contributed by atoms with E-state index in [9.17, 15) is 9.59 Å². The van der Waals surface area contributed by atoms with Crippen molar-refractivity contribution in [3.05, 3.63) is 65.2 Å². The molecule has 0 aliphatic heterocycles. The molecule has 8 heteroatoms. The van der Waals surface area contributed by atoms with Crippen molar-refractivity contribution in [1.82, 2.24) is 25.5 Å². The minimum atomic E-state index is -0.396. The Morgan fingerprint density at radius 3 is 2.38 bits per heavy atom. The van der Waals surface area contributed by atoms with E-state index < -0.39 is 5.97 Å². The highest BCUT2D eigenvalue weighted by atomic mass is 16.5. The first-order valence-electron chi connectivity index (χ1n) is 9.28. The molecule has 3 aromatic rings. The lowest BCUT2D eigenvalue weighted by Crippen LogP contribution is -2.28. The van der Waals surface area contributed by atoms with E-state index >= 15 is 0 Å². The van der Waals surface area contributed by atoms with Crippen LogP contribution in [0.1, 0.15) is 41.3 Å². The van der Waals surface area contributed by atoms with Crippen LogP contribution in [-0.4, -0.2) is 39.2 Å². The molecule has 2 aromatic carbocycles. The minimum absolute atomic E-state index is 0.0304. The highest BCUT2D eigenvalue weighted by Crippen LogP contribution is 2.19. The molecule has 0 atom stereocenters. The number of esters is 1. The number of ether oxygens (including phenoxy) is 1. The molecule has 150 valence electrons. The van der Waals surface area contributed by atoms with Gasteiger partial charge >= 0.3 is 5.97 Å². The number of methoxy groups -OCH3 is 1. The number of carbonyl (C=O) groups excluding carboxylic acids is 2. The van der Waals surface area contributed by atoms with E-state index in [1.165, 1.54) is 17.5 Å².